The molecule has 0 spiro atoms. The Kier molecular flexibility index (Phi) is 7.22. The summed E-state index contributed by atoms with van der Waals surface area (Å²) in [6.07, 6.45) is 1.93. The molecule has 1 aromatic carbocycles. The topological polar surface area (TPSA) is 56.3 Å². The fourth-order valence-electron chi connectivity index (χ4n) is 3.98. The molecule has 3 rings (SSSR count). The lowest BCUT2D eigenvalue weighted by Crippen LogP contribution is -2.61. The van der Waals surface area contributed by atoms with Gasteiger partial charge in [-0.25, -0.2) is 4.79 Å². The molecule has 2 atom stereocenters. The highest BCUT2D eigenvalue weighted by atomic mass is 35.5. The summed E-state index contributed by atoms with van der Waals surface area (Å²) in [5.41, 5.74) is 0.937. The van der Waals surface area contributed by atoms with E-state index in [9.17, 15) is 9.90 Å². The number of aliphatic hydroxyl groups is 1. The number of piperazine rings is 1. The van der Waals surface area contributed by atoms with Crippen LogP contribution in [0.15, 0.2) is 18.2 Å². The van der Waals surface area contributed by atoms with Gasteiger partial charge in [0.25, 0.3) is 0 Å². The van der Waals surface area contributed by atoms with Crippen LogP contribution >= 0.6 is 23.2 Å². The summed E-state index contributed by atoms with van der Waals surface area (Å²) in [4.78, 5) is 18.2. The molecule has 1 aromatic rings. The molecule has 8 heteroatoms. The summed E-state index contributed by atoms with van der Waals surface area (Å²) < 4.78 is 4.89. The van der Waals surface area contributed by atoms with E-state index in [2.05, 4.69) is 9.80 Å². The molecule has 2 saturated heterocycles. The number of amides is 1. The zero-order valence-electron chi connectivity index (χ0n) is 15.6. The second kappa shape index (κ2) is 9.43. The molecule has 2 unspecified atom stereocenters. The molecular formula is C19H27Cl2N3O3. The first-order valence-electron chi connectivity index (χ1n) is 9.41. The van der Waals surface area contributed by atoms with Gasteiger partial charge in [-0.2, -0.15) is 0 Å². The van der Waals surface area contributed by atoms with Crippen molar-refractivity contribution < 1.29 is 14.6 Å². The smallest absolute Gasteiger partial charge is 0.409 e. The Hall–Kier alpha value is -1.05. The van der Waals surface area contributed by atoms with E-state index in [0.29, 0.717) is 36.1 Å². The maximum Gasteiger partial charge on any atom is 0.409 e. The van der Waals surface area contributed by atoms with Crippen molar-refractivity contribution in [3.63, 3.8) is 0 Å². The molecule has 2 aliphatic heterocycles. The van der Waals surface area contributed by atoms with Crippen LogP contribution in [0.1, 0.15) is 18.4 Å². The maximum absolute atomic E-state index is 12.0. The van der Waals surface area contributed by atoms with E-state index in [1.807, 2.05) is 6.07 Å². The number of hydrogen-bond acceptors (Lipinski definition) is 5. The van der Waals surface area contributed by atoms with Gasteiger partial charge < -0.3 is 19.6 Å². The first-order chi connectivity index (χ1) is 13.0. The van der Waals surface area contributed by atoms with Crippen LogP contribution in [0.25, 0.3) is 0 Å². The van der Waals surface area contributed by atoms with Crippen molar-refractivity contribution in [2.24, 2.45) is 0 Å². The lowest BCUT2D eigenvalue weighted by molar-refractivity contribution is -0.0620. The van der Waals surface area contributed by atoms with Gasteiger partial charge in [0.05, 0.1) is 17.2 Å². The Bertz CT molecular complexity index is 655. The van der Waals surface area contributed by atoms with Crippen molar-refractivity contribution in [3.8, 4) is 0 Å². The Balaban J connectivity index is 1.69. The van der Waals surface area contributed by atoms with E-state index >= 15 is 0 Å². The van der Waals surface area contributed by atoms with Crippen LogP contribution in [0.5, 0.6) is 0 Å². The van der Waals surface area contributed by atoms with Gasteiger partial charge >= 0.3 is 6.09 Å². The van der Waals surface area contributed by atoms with Crippen molar-refractivity contribution in [2.75, 3.05) is 46.4 Å². The van der Waals surface area contributed by atoms with Crippen LogP contribution in [-0.4, -0.2) is 84.5 Å². The fourth-order valence-corrected chi connectivity index (χ4v) is 4.30. The lowest BCUT2D eigenvalue weighted by atomic mass is 10.1. The normalized spacial score (nSPS) is 22.8. The number of ether oxygens (including phenoxy) is 1. The minimum atomic E-state index is -0.644. The standard InChI is InChI=1S/C19H27Cl2N3O3/c1-27-19(26)23-8-9-24(15(13-23)12-22-6-2-3-7-22)18(25)11-14-4-5-16(20)17(21)10-14/h4-5,10,15,18,25H,2-3,6-9,11-13H2,1H3. The predicted octanol–water partition coefficient (Wildman–Crippen LogP) is 2.70. The predicted molar refractivity (Wildman–Crippen MR) is 106 cm³/mol. The average molecular weight is 416 g/mol. The van der Waals surface area contributed by atoms with Gasteiger partial charge in [0, 0.05) is 38.6 Å². The summed E-state index contributed by atoms with van der Waals surface area (Å²) in [5.74, 6) is 0. The first kappa shape index (κ1) is 20.7. The minimum absolute atomic E-state index is 0.0636. The molecule has 6 nitrogen and oxygen atoms in total. The summed E-state index contributed by atoms with van der Waals surface area (Å²) >= 11 is 12.1. The van der Waals surface area contributed by atoms with E-state index in [4.69, 9.17) is 27.9 Å². The highest BCUT2D eigenvalue weighted by molar-refractivity contribution is 6.42. The summed E-state index contributed by atoms with van der Waals surface area (Å²) in [5, 5.41) is 11.9. The van der Waals surface area contributed by atoms with Crippen molar-refractivity contribution in [3.05, 3.63) is 33.8 Å². The molecule has 0 aliphatic carbocycles. The van der Waals surface area contributed by atoms with Gasteiger partial charge in [0.1, 0.15) is 6.23 Å². The number of aliphatic hydroxyl groups excluding tert-OH is 1. The third-order valence-electron chi connectivity index (χ3n) is 5.41. The molecule has 0 radical (unpaired) electrons. The second-order valence-electron chi connectivity index (χ2n) is 7.25. The molecule has 2 heterocycles. The third-order valence-corrected chi connectivity index (χ3v) is 6.15. The molecule has 27 heavy (non-hydrogen) atoms. The number of methoxy groups -OCH3 is 1. The maximum atomic E-state index is 12.0. The van der Waals surface area contributed by atoms with Gasteiger partial charge in [-0.05, 0) is 43.6 Å². The average Bonchev–Trinajstić information content (AvgIpc) is 3.17. The Morgan fingerprint density at radius 3 is 2.63 bits per heavy atom. The number of benzene rings is 1. The summed E-state index contributed by atoms with van der Waals surface area (Å²) in [6.45, 7) is 4.70. The van der Waals surface area contributed by atoms with Crippen molar-refractivity contribution in [1.29, 1.82) is 0 Å². The molecule has 2 fully saturated rings. The van der Waals surface area contributed by atoms with Crippen LogP contribution in [0, 0.1) is 0 Å². The van der Waals surface area contributed by atoms with Crippen molar-refractivity contribution in [2.45, 2.75) is 31.5 Å². The van der Waals surface area contributed by atoms with Crippen molar-refractivity contribution >= 4 is 29.3 Å². The number of halogens is 2. The van der Waals surface area contributed by atoms with Crippen LogP contribution in [-0.2, 0) is 11.2 Å². The van der Waals surface area contributed by atoms with E-state index < -0.39 is 6.23 Å². The summed E-state index contributed by atoms with van der Waals surface area (Å²) in [7, 11) is 1.41. The largest absolute Gasteiger partial charge is 0.453 e. The quantitative estimate of drug-likeness (QED) is 0.800. The molecule has 150 valence electrons. The van der Waals surface area contributed by atoms with Gasteiger partial charge in [0.2, 0.25) is 0 Å². The van der Waals surface area contributed by atoms with Gasteiger partial charge in [0.15, 0.2) is 0 Å². The number of rotatable bonds is 5. The minimum Gasteiger partial charge on any atom is -0.453 e. The number of likely N-dealkylation sites (tertiary alicyclic amines) is 1. The Morgan fingerprint density at radius 1 is 1.22 bits per heavy atom. The van der Waals surface area contributed by atoms with Crippen LogP contribution in [0.2, 0.25) is 10.0 Å². The molecule has 0 saturated carbocycles. The van der Waals surface area contributed by atoms with Gasteiger partial charge in [-0.3, -0.25) is 4.90 Å². The number of carbonyl (C=O) groups is 1. The molecule has 1 N–H and O–H groups in total. The highest BCUT2D eigenvalue weighted by Gasteiger charge is 2.35. The fraction of sp³-hybridized carbons (Fsp3) is 0.632. The molecule has 2 aliphatic rings. The molecule has 1 amide bonds. The van der Waals surface area contributed by atoms with E-state index in [1.54, 1.807) is 17.0 Å². The number of hydrogen-bond donors (Lipinski definition) is 1. The zero-order valence-corrected chi connectivity index (χ0v) is 17.1. The number of carbonyl (C=O) groups excluding carboxylic acids is 1. The second-order valence-corrected chi connectivity index (χ2v) is 8.06. The summed E-state index contributed by atoms with van der Waals surface area (Å²) in [6, 6.07) is 5.50. The first-order valence-corrected chi connectivity index (χ1v) is 10.2. The van der Waals surface area contributed by atoms with Crippen molar-refractivity contribution in [1.82, 2.24) is 14.7 Å². The van der Waals surface area contributed by atoms with Crippen LogP contribution in [0.3, 0.4) is 0 Å². The number of nitrogens with zero attached hydrogens (tertiary/aromatic N) is 3. The van der Waals surface area contributed by atoms with Crippen LogP contribution in [0.4, 0.5) is 4.79 Å². The van der Waals surface area contributed by atoms with Gasteiger partial charge in [-0.1, -0.05) is 29.3 Å². The molecule has 0 aromatic heterocycles. The van der Waals surface area contributed by atoms with E-state index in [-0.39, 0.29) is 12.1 Å². The third kappa shape index (κ3) is 5.27. The highest BCUT2D eigenvalue weighted by Crippen LogP contribution is 2.24. The Labute approximate surface area is 170 Å². The Morgan fingerprint density at radius 2 is 1.96 bits per heavy atom. The van der Waals surface area contributed by atoms with E-state index in [0.717, 1.165) is 25.2 Å². The SMILES string of the molecule is COC(=O)N1CCN(C(O)Cc2ccc(Cl)c(Cl)c2)C(CN2CCCC2)C1. The van der Waals surface area contributed by atoms with Crippen LogP contribution < -0.4 is 0 Å². The molecule has 0 bridgehead atoms. The van der Waals surface area contributed by atoms with Gasteiger partial charge in [-0.15, -0.1) is 0 Å². The molecular weight excluding hydrogens is 389 g/mol. The lowest BCUT2D eigenvalue weighted by Gasteiger charge is -2.44. The monoisotopic (exact) mass is 415 g/mol. The van der Waals surface area contributed by atoms with E-state index in [1.165, 1.54) is 20.0 Å². The zero-order chi connectivity index (χ0) is 19.4.